The third kappa shape index (κ3) is 6.23. The van der Waals surface area contributed by atoms with Crippen LogP contribution in [0.1, 0.15) is 23.2 Å². The molecule has 1 amide bonds. The van der Waals surface area contributed by atoms with Crippen LogP contribution >= 0.6 is 34.2 Å². The molecule has 178 valence electrons. The van der Waals surface area contributed by atoms with Gasteiger partial charge in [0.25, 0.3) is 17.2 Å². The number of carbonyl (C=O) groups excluding carboxylic acids is 1. The van der Waals surface area contributed by atoms with Crippen LogP contribution in [0.15, 0.2) is 34.7 Å². The Morgan fingerprint density at radius 2 is 1.97 bits per heavy atom. The number of hydrogen-bond acceptors (Lipinski definition) is 6. The number of unbranched alkanes of at least 4 members (excludes halogenated alkanes) is 1. The van der Waals surface area contributed by atoms with Crippen LogP contribution in [0.3, 0.4) is 0 Å². The SMILES string of the molecule is CNC(=O)c1c(-c2ccc(Cl)cc2)oc2nc(N(CCCCS(C)(=O)=O)S(=O)O)c(I)cc12. The molecule has 3 rings (SSSR count). The van der Waals surface area contributed by atoms with Gasteiger partial charge in [0.05, 0.1) is 14.5 Å². The molecule has 0 aliphatic carbocycles. The smallest absolute Gasteiger partial charge is 0.263 e. The highest BCUT2D eigenvalue weighted by atomic mass is 127. The van der Waals surface area contributed by atoms with Crippen molar-refractivity contribution in [2.24, 2.45) is 0 Å². The predicted molar refractivity (Wildman–Crippen MR) is 138 cm³/mol. The standard InChI is InChI=1S/C20H21ClIN3O6S2/c1-23-19(26)16-14-11-15(22)18(25(32(27)28)9-3-4-10-33(2,29)30)24-20(14)31-17(16)12-5-7-13(21)8-6-12/h5-8,11H,3-4,9-10H2,1-2H3,(H,23,26)(H,27,28). The molecular formula is C20H21ClIN3O6S2. The predicted octanol–water partition coefficient (Wildman–Crippen LogP) is 3.88. The molecule has 0 saturated heterocycles. The first-order valence-corrected chi connectivity index (χ1v) is 14.3. The number of sulfone groups is 1. The second-order valence-corrected chi connectivity index (χ2v) is 12.0. The fraction of sp³-hybridized carbons (Fsp3) is 0.300. The first kappa shape index (κ1) is 25.9. The molecule has 0 spiro atoms. The highest BCUT2D eigenvalue weighted by Gasteiger charge is 2.26. The summed E-state index contributed by atoms with van der Waals surface area (Å²) >= 11 is 5.55. The van der Waals surface area contributed by atoms with Crippen molar-refractivity contribution in [1.29, 1.82) is 0 Å². The molecule has 9 nitrogen and oxygen atoms in total. The van der Waals surface area contributed by atoms with Crippen molar-refractivity contribution < 1.29 is 26.4 Å². The van der Waals surface area contributed by atoms with Gasteiger partial charge in [-0.2, -0.15) is 4.98 Å². The minimum Gasteiger partial charge on any atom is -0.437 e. The summed E-state index contributed by atoms with van der Waals surface area (Å²) in [6, 6.07) is 8.45. The van der Waals surface area contributed by atoms with E-state index in [4.69, 9.17) is 16.0 Å². The van der Waals surface area contributed by atoms with Gasteiger partial charge in [0, 0.05) is 36.2 Å². The summed E-state index contributed by atoms with van der Waals surface area (Å²) in [6.07, 6.45) is 1.85. The van der Waals surface area contributed by atoms with Gasteiger partial charge >= 0.3 is 0 Å². The Balaban J connectivity index is 2.05. The fourth-order valence-electron chi connectivity index (χ4n) is 3.20. The van der Waals surface area contributed by atoms with Crippen molar-refractivity contribution in [2.75, 3.05) is 29.9 Å². The molecule has 2 N–H and O–H groups in total. The largest absolute Gasteiger partial charge is 0.437 e. The first-order valence-electron chi connectivity index (χ1n) is 9.69. The summed E-state index contributed by atoms with van der Waals surface area (Å²) in [6.45, 7) is 0.111. The van der Waals surface area contributed by atoms with Gasteiger partial charge in [0.2, 0.25) is 5.71 Å². The molecule has 3 aromatic rings. The maximum Gasteiger partial charge on any atom is 0.263 e. The minimum atomic E-state index is -3.12. The number of furan rings is 1. The van der Waals surface area contributed by atoms with E-state index in [9.17, 15) is 22.0 Å². The number of pyridine rings is 1. The number of carbonyl (C=O) groups is 1. The number of halogens is 2. The number of aromatic nitrogens is 1. The van der Waals surface area contributed by atoms with Gasteiger partial charge in [-0.3, -0.25) is 13.7 Å². The lowest BCUT2D eigenvalue weighted by Gasteiger charge is -2.19. The zero-order chi connectivity index (χ0) is 24.3. The van der Waals surface area contributed by atoms with E-state index < -0.39 is 21.1 Å². The molecule has 2 heterocycles. The van der Waals surface area contributed by atoms with Crippen LogP contribution in [0.25, 0.3) is 22.4 Å². The molecule has 33 heavy (non-hydrogen) atoms. The molecule has 0 saturated carbocycles. The number of anilines is 1. The summed E-state index contributed by atoms with van der Waals surface area (Å²) in [5.41, 5.74) is 1.04. The van der Waals surface area contributed by atoms with Crippen LogP contribution in [-0.4, -0.2) is 53.7 Å². The molecule has 2 aromatic heterocycles. The van der Waals surface area contributed by atoms with Crippen LogP contribution < -0.4 is 9.62 Å². The molecule has 0 aliphatic rings. The minimum absolute atomic E-state index is 0.0133. The Morgan fingerprint density at radius 3 is 2.55 bits per heavy atom. The molecule has 0 radical (unpaired) electrons. The normalized spacial score (nSPS) is 12.6. The summed E-state index contributed by atoms with van der Waals surface area (Å²) < 4.78 is 52.2. The van der Waals surface area contributed by atoms with E-state index in [-0.39, 0.29) is 35.3 Å². The molecule has 1 unspecified atom stereocenters. The summed E-state index contributed by atoms with van der Waals surface area (Å²) in [7, 11) is -1.61. The van der Waals surface area contributed by atoms with E-state index in [2.05, 4.69) is 10.3 Å². The van der Waals surface area contributed by atoms with Crippen molar-refractivity contribution in [3.63, 3.8) is 0 Å². The molecule has 1 aromatic carbocycles. The third-order valence-electron chi connectivity index (χ3n) is 4.73. The lowest BCUT2D eigenvalue weighted by atomic mass is 10.1. The van der Waals surface area contributed by atoms with E-state index in [1.807, 2.05) is 22.6 Å². The van der Waals surface area contributed by atoms with E-state index in [0.29, 0.717) is 38.1 Å². The monoisotopic (exact) mass is 625 g/mol. The molecule has 0 bridgehead atoms. The molecule has 0 aliphatic heterocycles. The number of fused-ring (bicyclic) bond motifs is 1. The Morgan fingerprint density at radius 1 is 1.30 bits per heavy atom. The Labute approximate surface area is 212 Å². The maximum atomic E-state index is 12.7. The Hall–Kier alpha value is -1.74. The zero-order valence-corrected chi connectivity index (χ0v) is 22.2. The first-order chi connectivity index (χ1) is 15.5. The highest BCUT2D eigenvalue weighted by molar-refractivity contribution is 14.1. The van der Waals surface area contributed by atoms with Gasteiger partial charge in [-0.15, -0.1) is 0 Å². The fourth-order valence-corrected chi connectivity index (χ4v) is 5.51. The number of benzene rings is 1. The lowest BCUT2D eigenvalue weighted by molar-refractivity contribution is 0.0964. The van der Waals surface area contributed by atoms with Gasteiger partial charge in [-0.25, -0.2) is 12.6 Å². The average Bonchev–Trinajstić information content (AvgIpc) is 3.10. The van der Waals surface area contributed by atoms with Gasteiger partial charge in [0.1, 0.15) is 15.6 Å². The van der Waals surface area contributed by atoms with E-state index in [1.165, 1.54) is 7.05 Å². The maximum absolute atomic E-state index is 12.7. The van der Waals surface area contributed by atoms with Gasteiger partial charge in [-0.1, -0.05) is 11.6 Å². The van der Waals surface area contributed by atoms with E-state index >= 15 is 0 Å². The summed E-state index contributed by atoms with van der Waals surface area (Å²) in [4.78, 5) is 17.1. The third-order valence-corrected chi connectivity index (χ3v) is 7.54. The van der Waals surface area contributed by atoms with Crippen LogP contribution in [0.5, 0.6) is 0 Å². The van der Waals surface area contributed by atoms with Crippen molar-refractivity contribution in [3.8, 4) is 11.3 Å². The topological polar surface area (TPSA) is 130 Å². The second-order valence-electron chi connectivity index (χ2n) is 7.21. The summed E-state index contributed by atoms with van der Waals surface area (Å²) in [5.74, 6) is 0.113. The second kappa shape index (κ2) is 10.7. The Bertz CT molecular complexity index is 1310. The molecule has 0 fully saturated rings. The van der Waals surface area contributed by atoms with Gasteiger partial charge in [-0.05, 0) is 65.8 Å². The Kier molecular flexibility index (Phi) is 8.37. The molecular weight excluding hydrogens is 605 g/mol. The number of amides is 1. The van der Waals surface area contributed by atoms with Crippen molar-refractivity contribution in [2.45, 2.75) is 12.8 Å². The zero-order valence-electron chi connectivity index (χ0n) is 17.7. The van der Waals surface area contributed by atoms with E-state index in [1.54, 1.807) is 30.3 Å². The quantitative estimate of drug-likeness (QED) is 0.210. The van der Waals surface area contributed by atoms with Crippen LogP contribution in [0, 0.1) is 3.57 Å². The van der Waals surface area contributed by atoms with Crippen molar-refractivity contribution in [1.82, 2.24) is 10.3 Å². The van der Waals surface area contributed by atoms with E-state index in [0.717, 1.165) is 10.6 Å². The number of nitrogens with one attached hydrogen (secondary N) is 1. The number of nitrogens with zero attached hydrogens (tertiary/aromatic N) is 2. The van der Waals surface area contributed by atoms with Crippen LogP contribution in [-0.2, 0) is 21.1 Å². The average molecular weight is 626 g/mol. The van der Waals surface area contributed by atoms with Crippen molar-refractivity contribution in [3.05, 3.63) is 44.5 Å². The van der Waals surface area contributed by atoms with Crippen LogP contribution in [0.4, 0.5) is 5.82 Å². The van der Waals surface area contributed by atoms with Crippen molar-refractivity contribution >= 4 is 78.1 Å². The number of rotatable bonds is 9. The highest BCUT2D eigenvalue weighted by Crippen LogP contribution is 2.36. The number of hydrogen-bond donors (Lipinski definition) is 2. The van der Waals surface area contributed by atoms with Gasteiger partial charge < -0.3 is 9.73 Å². The summed E-state index contributed by atoms with van der Waals surface area (Å²) in [5, 5.41) is 3.58. The van der Waals surface area contributed by atoms with Gasteiger partial charge in [0.15, 0.2) is 5.82 Å². The van der Waals surface area contributed by atoms with Crippen LogP contribution in [0.2, 0.25) is 5.02 Å². The lowest BCUT2D eigenvalue weighted by Crippen LogP contribution is -2.28. The molecule has 1 atom stereocenters. The molecule has 13 heteroatoms.